The van der Waals surface area contributed by atoms with Gasteiger partial charge in [-0.25, -0.2) is 9.50 Å². The number of hydrogen-bond acceptors (Lipinski definition) is 4. The van der Waals surface area contributed by atoms with E-state index in [0.717, 1.165) is 5.69 Å². The molecule has 3 aromatic rings. The van der Waals surface area contributed by atoms with Gasteiger partial charge in [0.25, 0.3) is 5.91 Å². The van der Waals surface area contributed by atoms with Crippen LogP contribution >= 0.6 is 0 Å². The van der Waals surface area contributed by atoms with Crippen LogP contribution in [0.4, 0.5) is 5.82 Å². The van der Waals surface area contributed by atoms with Crippen molar-refractivity contribution in [3.8, 4) is 0 Å². The molecule has 3 rings (SSSR count). The second-order valence-electron chi connectivity index (χ2n) is 5.18. The third-order valence-corrected chi connectivity index (χ3v) is 3.19. The summed E-state index contributed by atoms with van der Waals surface area (Å²) in [5, 5.41) is 11.0. The molecule has 0 aliphatic carbocycles. The Bertz CT molecular complexity index is 801. The molecule has 0 saturated heterocycles. The molecule has 0 fully saturated rings. The lowest BCUT2D eigenvalue weighted by Gasteiger charge is -2.11. The third-order valence-electron chi connectivity index (χ3n) is 3.19. The molecule has 0 radical (unpaired) electrons. The summed E-state index contributed by atoms with van der Waals surface area (Å²) < 4.78 is 3.37. The smallest absolute Gasteiger partial charge is 0.260 e. The monoisotopic (exact) mass is 284 g/mol. The molecule has 0 unspecified atom stereocenters. The summed E-state index contributed by atoms with van der Waals surface area (Å²) in [4.78, 5) is 16.5. The Morgan fingerprint density at radius 1 is 1.33 bits per heavy atom. The number of aryl methyl sites for hydroxylation is 1. The molecule has 0 aliphatic rings. The van der Waals surface area contributed by atoms with Crippen LogP contribution < -0.4 is 5.32 Å². The van der Waals surface area contributed by atoms with Crippen LogP contribution in [0.5, 0.6) is 0 Å². The lowest BCUT2D eigenvalue weighted by Crippen LogP contribution is -2.14. The average molecular weight is 284 g/mol. The largest absolute Gasteiger partial charge is 0.306 e. The Hall–Kier alpha value is -2.70. The minimum atomic E-state index is -0.228. The highest BCUT2D eigenvalue weighted by Crippen LogP contribution is 2.19. The van der Waals surface area contributed by atoms with Crippen molar-refractivity contribution in [3.63, 3.8) is 0 Å². The molecular weight excluding hydrogens is 268 g/mol. The number of fused-ring (bicyclic) bond motifs is 1. The molecule has 0 saturated carbocycles. The van der Waals surface area contributed by atoms with Crippen molar-refractivity contribution in [1.82, 2.24) is 24.4 Å². The van der Waals surface area contributed by atoms with Crippen LogP contribution in [0.15, 0.2) is 30.7 Å². The molecule has 21 heavy (non-hydrogen) atoms. The highest BCUT2D eigenvalue weighted by atomic mass is 16.1. The van der Waals surface area contributed by atoms with E-state index in [9.17, 15) is 4.79 Å². The Kier molecular flexibility index (Phi) is 3.17. The van der Waals surface area contributed by atoms with Crippen molar-refractivity contribution in [3.05, 3.63) is 42.0 Å². The molecule has 7 nitrogen and oxygen atoms in total. The maximum absolute atomic E-state index is 12.2. The molecule has 3 heterocycles. The van der Waals surface area contributed by atoms with E-state index >= 15 is 0 Å². The summed E-state index contributed by atoms with van der Waals surface area (Å²) in [5.74, 6) is 0.555. The first-order valence-corrected chi connectivity index (χ1v) is 6.69. The number of nitrogens with one attached hydrogen (secondary N) is 1. The molecule has 1 N–H and O–H groups in total. The van der Waals surface area contributed by atoms with E-state index in [1.165, 1.54) is 6.20 Å². The summed E-state index contributed by atoms with van der Waals surface area (Å²) in [5.41, 5.74) is 2.20. The van der Waals surface area contributed by atoms with Gasteiger partial charge in [-0.15, -0.1) is 0 Å². The van der Waals surface area contributed by atoms with Crippen LogP contribution in [0.2, 0.25) is 0 Å². The number of rotatable bonds is 3. The molecule has 0 spiro atoms. The number of nitrogens with zero attached hydrogens (tertiary/aromatic N) is 5. The second-order valence-corrected chi connectivity index (χ2v) is 5.18. The van der Waals surface area contributed by atoms with Crippen molar-refractivity contribution < 1.29 is 4.79 Å². The Morgan fingerprint density at radius 2 is 2.14 bits per heavy atom. The zero-order chi connectivity index (χ0) is 15.0. The standard InChI is InChI=1S/C14H16N6O/c1-9(2)11-6-12(17-13-4-5-15-20(11)13)18-14(21)10-7-16-19(3)8-10/h4-9H,1-3H3,(H,17,18,21). The molecule has 108 valence electrons. The van der Waals surface area contributed by atoms with Gasteiger partial charge < -0.3 is 5.32 Å². The normalized spacial score (nSPS) is 11.2. The fourth-order valence-corrected chi connectivity index (χ4v) is 2.14. The van der Waals surface area contributed by atoms with Crippen LogP contribution in [-0.4, -0.2) is 30.3 Å². The Morgan fingerprint density at radius 3 is 2.81 bits per heavy atom. The van der Waals surface area contributed by atoms with Gasteiger partial charge in [0, 0.05) is 25.4 Å². The maximum Gasteiger partial charge on any atom is 0.260 e. The van der Waals surface area contributed by atoms with Crippen molar-refractivity contribution in [2.45, 2.75) is 19.8 Å². The molecule has 7 heteroatoms. The predicted octanol–water partition coefficient (Wildman–Crippen LogP) is 1.84. The van der Waals surface area contributed by atoms with E-state index in [1.54, 1.807) is 28.6 Å². The first-order chi connectivity index (χ1) is 10.0. The summed E-state index contributed by atoms with van der Waals surface area (Å²) in [6.45, 7) is 4.15. The van der Waals surface area contributed by atoms with Crippen LogP contribution in [0, 0.1) is 0 Å². The molecule has 3 aromatic heterocycles. The van der Waals surface area contributed by atoms with E-state index < -0.39 is 0 Å². The number of amides is 1. The van der Waals surface area contributed by atoms with E-state index in [1.807, 2.05) is 12.1 Å². The highest BCUT2D eigenvalue weighted by Gasteiger charge is 2.13. The first-order valence-electron chi connectivity index (χ1n) is 6.69. The molecule has 0 aromatic carbocycles. The predicted molar refractivity (Wildman–Crippen MR) is 78.2 cm³/mol. The highest BCUT2D eigenvalue weighted by molar-refractivity contribution is 6.03. The summed E-state index contributed by atoms with van der Waals surface area (Å²) >= 11 is 0. The number of carbonyl (C=O) groups excluding carboxylic acids is 1. The number of carbonyl (C=O) groups is 1. The zero-order valence-corrected chi connectivity index (χ0v) is 12.1. The minimum absolute atomic E-state index is 0.228. The van der Waals surface area contributed by atoms with Crippen molar-refractivity contribution in [2.24, 2.45) is 7.05 Å². The molecule has 0 atom stereocenters. The number of hydrogen-bond donors (Lipinski definition) is 1. The summed E-state index contributed by atoms with van der Waals surface area (Å²) in [6.07, 6.45) is 4.88. The van der Waals surface area contributed by atoms with E-state index in [4.69, 9.17) is 0 Å². The molecule has 0 aliphatic heterocycles. The minimum Gasteiger partial charge on any atom is -0.306 e. The van der Waals surface area contributed by atoms with Gasteiger partial charge in [-0.3, -0.25) is 9.48 Å². The van der Waals surface area contributed by atoms with Crippen LogP contribution in [0.1, 0.15) is 35.8 Å². The van der Waals surface area contributed by atoms with Crippen molar-refractivity contribution >= 4 is 17.4 Å². The van der Waals surface area contributed by atoms with E-state index in [0.29, 0.717) is 17.0 Å². The van der Waals surface area contributed by atoms with E-state index in [-0.39, 0.29) is 11.8 Å². The first kappa shape index (κ1) is 13.3. The topological polar surface area (TPSA) is 77.1 Å². The second kappa shape index (κ2) is 5.01. The lowest BCUT2D eigenvalue weighted by atomic mass is 10.1. The van der Waals surface area contributed by atoms with Gasteiger partial charge in [0.1, 0.15) is 5.82 Å². The Labute approximate surface area is 121 Å². The summed E-state index contributed by atoms with van der Waals surface area (Å²) in [7, 11) is 1.77. The fraction of sp³-hybridized carbons (Fsp3) is 0.286. The fourth-order valence-electron chi connectivity index (χ4n) is 2.14. The van der Waals surface area contributed by atoms with Crippen LogP contribution in [0.3, 0.4) is 0 Å². The zero-order valence-electron chi connectivity index (χ0n) is 12.1. The SMILES string of the molecule is CC(C)c1cc(NC(=O)c2cnn(C)c2)nc2ccnn12. The number of aromatic nitrogens is 5. The van der Waals surface area contributed by atoms with Gasteiger partial charge in [-0.05, 0) is 5.92 Å². The van der Waals surface area contributed by atoms with Crippen LogP contribution in [-0.2, 0) is 7.05 Å². The maximum atomic E-state index is 12.2. The van der Waals surface area contributed by atoms with Gasteiger partial charge in [0.05, 0.1) is 23.7 Å². The lowest BCUT2D eigenvalue weighted by molar-refractivity contribution is 0.102. The summed E-state index contributed by atoms with van der Waals surface area (Å²) in [6, 6.07) is 3.66. The van der Waals surface area contributed by atoms with Crippen molar-refractivity contribution in [2.75, 3.05) is 5.32 Å². The third kappa shape index (κ3) is 2.49. The number of anilines is 1. The van der Waals surface area contributed by atoms with E-state index in [2.05, 4.69) is 34.3 Å². The van der Waals surface area contributed by atoms with Gasteiger partial charge in [-0.2, -0.15) is 10.2 Å². The van der Waals surface area contributed by atoms with Gasteiger partial charge in [-0.1, -0.05) is 13.8 Å². The Balaban J connectivity index is 1.95. The van der Waals surface area contributed by atoms with Crippen LogP contribution in [0.25, 0.3) is 5.65 Å². The molecule has 1 amide bonds. The molecular formula is C14H16N6O. The molecule has 0 bridgehead atoms. The average Bonchev–Trinajstić information content (AvgIpc) is 3.05. The quantitative estimate of drug-likeness (QED) is 0.796. The van der Waals surface area contributed by atoms with Crippen molar-refractivity contribution in [1.29, 1.82) is 0 Å². The van der Waals surface area contributed by atoms with Gasteiger partial charge >= 0.3 is 0 Å². The van der Waals surface area contributed by atoms with Gasteiger partial charge in [0.15, 0.2) is 5.65 Å². The van der Waals surface area contributed by atoms with Gasteiger partial charge in [0.2, 0.25) is 0 Å².